The van der Waals surface area contributed by atoms with Crippen LogP contribution < -0.4 is 15.4 Å². The topological polar surface area (TPSA) is 52.1 Å². The number of rotatable bonds is 7. The summed E-state index contributed by atoms with van der Waals surface area (Å²) in [6, 6.07) is 5.57. The summed E-state index contributed by atoms with van der Waals surface area (Å²) in [6.45, 7) is 6.64. The minimum absolute atomic E-state index is 0.0649. The van der Waals surface area contributed by atoms with Crippen molar-refractivity contribution in [1.29, 1.82) is 0 Å². The predicted molar refractivity (Wildman–Crippen MR) is 111 cm³/mol. The van der Waals surface area contributed by atoms with Crippen LogP contribution >= 0.6 is 0 Å². The van der Waals surface area contributed by atoms with Crippen LogP contribution in [0.4, 0.5) is 4.39 Å². The van der Waals surface area contributed by atoms with E-state index in [4.69, 9.17) is 4.74 Å². The highest BCUT2D eigenvalue weighted by molar-refractivity contribution is 5.80. The molecular weight excluding hydrogens is 357 g/mol. The number of guanidine groups is 1. The summed E-state index contributed by atoms with van der Waals surface area (Å²) in [6.07, 6.45) is 2.39. The molecule has 0 spiro atoms. The van der Waals surface area contributed by atoms with E-state index < -0.39 is 0 Å². The number of likely N-dealkylation sites (N-methyl/N-ethyl adjacent to an activating group) is 2. The Balaban J connectivity index is 1.51. The number of nitrogens with zero attached hydrogens (tertiary/aromatic N) is 3. The van der Waals surface area contributed by atoms with Crippen LogP contribution in [0, 0.1) is 11.7 Å². The minimum Gasteiger partial charge on any atom is -0.490 e. The van der Waals surface area contributed by atoms with Crippen molar-refractivity contribution in [2.75, 3.05) is 53.9 Å². The van der Waals surface area contributed by atoms with Crippen LogP contribution in [0.25, 0.3) is 0 Å². The molecule has 1 aromatic carbocycles. The molecule has 28 heavy (non-hydrogen) atoms. The maximum atomic E-state index is 14.4. The van der Waals surface area contributed by atoms with E-state index in [1.54, 1.807) is 19.2 Å². The number of ether oxygens (including phenoxy) is 1. The van der Waals surface area contributed by atoms with Gasteiger partial charge in [-0.25, -0.2) is 4.39 Å². The molecule has 156 valence electrons. The van der Waals surface area contributed by atoms with Gasteiger partial charge in [0.05, 0.1) is 12.6 Å². The molecule has 1 aliphatic heterocycles. The normalized spacial score (nSPS) is 22.8. The first-order valence-electron chi connectivity index (χ1n) is 10.2. The molecule has 1 aromatic rings. The molecule has 6 nitrogen and oxygen atoms in total. The maximum absolute atomic E-state index is 14.4. The largest absolute Gasteiger partial charge is 0.490 e. The van der Waals surface area contributed by atoms with Gasteiger partial charge in [-0.1, -0.05) is 6.07 Å². The fourth-order valence-electron chi connectivity index (χ4n) is 3.42. The van der Waals surface area contributed by atoms with Crippen LogP contribution in [-0.2, 0) is 0 Å². The van der Waals surface area contributed by atoms with Crippen LogP contribution in [0.3, 0.4) is 0 Å². The summed E-state index contributed by atoms with van der Waals surface area (Å²) in [5, 5.41) is 6.76. The van der Waals surface area contributed by atoms with Crippen molar-refractivity contribution < 1.29 is 9.13 Å². The number of hydrogen-bond acceptors (Lipinski definition) is 4. The Bertz CT molecular complexity index is 679. The first kappa shape index (κ1) is 20.9. The minimum atomic E-state index is -0.304. The predicted octanol–water partition coefficient (Wildman–Crippen LogP) is 2.09. The molecule has 2 aliphatic rings. The summed E-state index contributed by atoms with van der Waals surface area (Å²) in [4.78, 5) is 9.04. The van der Waals surface area contributed by atoms with Gasteiger partial charge < -0.3 is 20.3 Å². The highest BCUT2D eigenvalue weighted by Crippen LogP contribution is 2.30. The standard InChI is InChI=1S/C21H34FN5O/c1-15(17-7-8-20(19(22)11-17)28-14-16-5-6-16)25-21(23-2)24-12-18-13-26(3)9-10-27(18)4/h7-8,11,15-16,18H,5-6,9-10,12-14H2,1-4H3,(H2,23,24,25). The van der Waals surface area contributed by atoms with E-state index in [0.717, 1.165) is 37.7 Å². The second-order valence-electron chi connectivity index (χ2n) is 8.16. The zero-order valence-electron chi connectivity index (χ0n) is 17.5. The zero-order chi connectivity index (χ0) is 20.1. The van der Waals surface area contributed by atoms with E-state index in [9.17, 15) is 4.39 Å². The Hall–Kier alpha value is -1.86. The van der Waals surface area contributed by atoms with Gasteiger partial charge in [0.25, 0.3) is 0 Å². The lowest BCUT2D eigenvalue weighted by Gasteiger charge is -2.38. The molecule has 1 heterocycles. The van der Waals surface area contributed by atoms with Crippen LogP contribution in [0.1, 0.15) is 31.4 Å². The summed E-state index contributed by atoms with van der Waals surface area (Å²) in [5.74, 6) is 1.37. The molecule has 0 radical (unpaired) electrons. The van der Waals surface area contributed by atoms with E-state index in [1.807, 2.05) is 13.0 Å². The SMILES string of the molecule is CN=C(NCC1CN(C)CCN1C)NC(C)c1ccc(OCC2CC2)c(F)c1. The lowest BCUT2D eigenvalue weighted by molar-refractivity contribution is 0.116. The van der Waals surface area contributed by atoms with E-state index >= 15 is 0 Å². The second-order valence-corrected chi connectivity index (χ2v) is 8.16. The van der Waals surface area contributed by atoms with Gasteiger partial charge in [0.1, 0.15) is 0 Å². The van der Waals surface area contributed by atoms with Crippen molar-refractivity contribution in [3.05, 3.63) is 29.6 Å². The number of benzene rings is 1. The Labute approximate surface area is 168 Å². The highest BCUT2D eigenvalue weighted by atomic mass is 19.1. The molecule has 2 fully saturated rings. The number of aliphatic imine (C=N–C) groups is 1. The molecule has 7 heteroatoms. The van der Waals surface area contributed by atoms with Crippen molar-refractivity contribution in [1.82, 2.24) is 20.4 Å². The van der Waals surface area contributed by atoms with Gasteiger partial charge >= 0.3 is 0 Å². The molecule has 1 saturated carbocycles. The molecule has 1 aliphatic carbocycles. The van der Waals surface area contributed by atoms with Gasteiger partial charge in [-0.05, 0) is 57.5 Å². The number of halogens is 1. The lowest BCUT2D eigenvalue weighted by Crippen LogP contribution is -2.55. The quantitative estimate of drug-likeness (QED) is 0.551. The third-order valence-electron chi connectivity index (χ3n) is 5.69. The van der Waals surface area contributed by atoms with Gasteiger partial charge in [-0.2, -0.15) is 0 Å². The van der Waals surface area contributed by atoms with Crippen molar-refractivity contribution in [2.24, 2.45) is 10.9 Å². The molecule has 2 N–H and O–H groups in total. The van der Waals surface area contributed by atoms with Crippen LogP contribution in [0.2, 0.25) is 0 Å². The first-order valence-corrected chi connectivity index (χ1v) is 10.2. The first-order chi connectivity index (χ1) is 13.5. The molecule has 0 bridgehead atoms. The van der Waals surface area contributed by atoms with Crippen LogP contribution in [0.15, 0.2) is 23.2 Å². The lowest BCUT2D eigenvalue weighted by atomic mass is 10.1. The fourth-order valence-corrected chi connectivity index (χ4v) is 3.42. The molecule has 1 saturated heterocycles. The molecule has 3 rings (SSSR count). The summed E-state index contributed by atoms with van der Waals surface area (Å²) < 4.78 is 19.9. The third-order valence-corrected chi connectivity index (χ3v) is 5.69. The van der Waals surface area contributed by atoms with E-state index in [0.29, 0.717) is 24.3 Å². The van der Waals surface area contributed by atoms with Gasteiger partial charge in [0.15, 0.2) is 17.5 Å². The number of nitrogens with one attached hydrogen (secondary N) is 2. The smallest absolute Gasteiger partial charge is 0.191 e. The number of hydrogen-bond donors (Lipinski definition) is 2. The second kappa shape index (κ2) is 9.56. The summed E-state index contributed by atoms with van der Waals surface area (Å²) >= 11 is 0. The van der Waals surface area contributed by atoms with Crippen molar-refractivity contribution in [3.63, 3.8) is 0 Å². The maximum Gasteiger partial charge on any atom is 0.191 e. The van der Waals surface area contributed by atoms with Gasteiger partial charge in [0.2, 0.25) is 0 Å². The monoisotopic (exact) mass is 391 g/mol. The van der Waals surface area contributed by atoms with E-state index in [1.165, 1.54) is 12.8 Å². The number of piperazine rings is 1. The van der Waals surface area contributed by atoms with Crippen molar-refractivity contribution in [2.45, 2.75) is 31.8 Å². The highest BCUT2D eigenvalue weighted by Gasteiger charge is 2.23. The fraction of sp³-hybridized carbons (Fsp3) is 0.667. The molecule has 0 amide bonds. The van der Waals surface area contributed by atoms with Crippen LogP contribution in [0.5, 0.6) is 5.75 Å². The Kier molecular flexibility index (Phi) is 7.13. The average molecular weight is 392 g/mol. The van der Waals surface area contributed by atoms with Gasteiger partial charge in [0, 0.05) is 39.3 Å². The Morgan fingerprint density at radius 2 is 2.11 bits per heavy atom. The third kappa shape index (κ3) is 5.82. The molecule has 2 unspecified atom stereocenters. The summed E-state index contributed by atoms with van der Waals surface area (Å²) in [5.41, 5.74) is 0.869. The van der Waals surface area contributed by atoms with E-state index in [-0.39, 0.29) is 11.9 Å². The van der Waals surface area contributed by atoms with Crippen molar-refractivity contribution >= 4 is 5.96 Å². The average Bonchev–Trinajstić information content (AvgIpc) is 3.50. The van der Waals surface area contributed by atoms with Gasteiger partial charge in [-0.15, -0.1) is 0 Å². The van der Waals surface area contributed by atoms with Crippen molar-refractivity contribution in [3.8, 4) is 5.75 Å². The van der Waals surface area contributed by atoms with Crippen LogP contribution in [-0.4, -0.2) is 75.7 Å². The Morgan fingerprint density at radius 3 is 2.79 bits per heavy atom. The summed E-state index contributed by atoms with van der Waals surface area (Å²) in [7, 11) is 6.07. The van der Waals surface area contributed by atoms with Gasteiger partial charge in [-0.3, -0.25) is 9.89 Å². The molecular formula is C21H34FN5O. The zero-order valence-corrected chi connectivity index (χ0v) is 17.5. The Morgan fingerprint density at radius 1 is 1.32 bits per heavy atom. The molecule has 0 aromatic heterocycles. The molecule has 2 atom stereocenters. The van der Waals surface area contributed by atoms with E-state index in [2.05, 4.69) is 39.5 Å².